The van der Waals surface area contributed by atoms with Gasteiger partial charge in [0.25, 0.3) is 0 Å². The average molecular weight is 394 g/mol. The summed E-state index contributed by atoms with van der Waals surface area (Å²) in [5.41, 5.74) is 3.73. The Hall–Kier alpha value is -3.17. The quantitative estimate of drug-likeness (QED) is 0.424. The Bertz CT molecular complexity index is 1190. The van der Waals surface area contributed by atoms with E-state index in [-0.39, 0.29) is 0 Å². The number of hydrogen-bond acceptors (Lipinski definition) is 3. The molecule has 0 unspecified atom stereocenters. The smallest absolute Gasteiger partial charge is 0.0652 e. The van der Waals surface area contributed by atoms with Crippen LogP contribution in [-0.4, -0.2) is 41.8 Å². The predicted molar refractivity (Wildman–Crippen MR) is 127 cm³/mol. The summed E-state index contributed by atoms with van der Waals surface area (Å²) in [6.07, 6.45) is 0. The Morgan fingerprint density at radius 1 is 0.700 bits per heavy atom. The summed E-state index contributed by atoms with van der Waals surface area (Å²) in [5.74, 6) is 0. The molecule has 1 fully saturated rings. The molecule has 0 bridgehead atoms. The molecule has 1 heterocycles. The first-order valence-electron chi connectivity index (χ1n) is 10.8. The van der Waals surface area contributed by atoms with Crippen LogP contribution in [0, 0.1) is 0 Å². The van der Waals surface area contributed by atoms with Crippen molar-refractivity contribution in [2.45, 2.75) is 13.5 Å². The van der Waals surface area contributed by atoms with Gasteiger partial charge >= 0.3 is 0 Å². The van der Waals surface area contributed by atoms with Crippen LogP contribution >= 0.6 is 0 Å². The van der Waals surface area contributed by atoms with Gasteiger partial charge in [-0.3, -0.25) is 9.91 Å². The molecule has 0 N–H and O–H groups in total. The molecule has 3 heteroatoms. The molecule has 0 aromatic heterocycles. The predicted octanol–water partition coefficient (Wildman–Crippen LogP) is 5.53. The van der Waals surface area contributed by atoms with E-state index in [4.69, 9.17) is 5.10 Å². The molecular weight excluding hydrogens is 366 g/mol. The lowest BCUT2D eigenvalue weighted by molar-refractivity contribution is 0.131. The number of hydrogen-bond donors (Lipinski definition) is 0. The lowest BCUT2D eigenvalue weighted by Crippen LogP contribution is -2.43. The highest BCUT2D eigenvalue weighted by Gasteiger charge is 2.17. The van der Waals surface area contributed by atoms with Crippen LogP contribution in [-0.2, 0) is 6.54 Å². The minimum absolute atomic E-state index is 0.965. The van der Waals surface area contributed by atoms with Gasteiger partial charge in [0.05, 0.1) is 5.71 Å². The Morgan fingerprint density at radius 2 is 1.30 bits per heavy atom. The van der Waals surface area contributed by atoms with Crippen molar-refractivity contribution < 1.29 is 0 Å². The molecule has 3 nitrogen and oxygen atoms in total. The minimum Gasteiger partial charge on any atom is -0.295 e. The molecule has 4 aromatic carbocycles. The topological polar surface area (TPSA) is 18.8 Å². The molecule has 0 saturated carbocycles. The van der Waals surface area contributed by atoms with Gasteiger partial charge in [0.2, 0.25) is 0 Å². The van der Waals surface area contributed by atoms with Crippen LogP contribution in [0.1, 0.15) is 18.1 Å². The number of fused-ring (bicyclic) bond motifs is 2. The molecule has 0 radical (unpaired) electrons. The van der Waals surface area contributed by atoms with Crippen LogP contribution in [0.3, 0.4) is 0 Å². The molecule has 0 aliphatic carbocycles. The number of piperazine rings is 1. The Kier molecular flexibility index (Phi) is 5.20. The Labute approximate surface area is 178 Å². The molecule has 5 rings (SSSR count). The third-order valence-electron chi connectivity index (χ3n) is 6.09. The largest absolute Gasteiger partial charge is 0.295 e. The van der Waals surface area contributed by atoms with Gasteiger partial charge in [-0.1, -0.05) is 84.9 Å². The molecular formula is C27H27N3. The highest BCUT2D eigenvalue weighted by atomic mass is 15.5. The van der Waals surface area contributed by atoms with Crippen molar-refractivity contribution in [2.24, 2.45) is 5.10 Å². The summed E-state index contributed by atoms with van der Waals surface area (Å²) < 4.78 is 0. The zero-order valence-corrected chi connectivity index (χ0v) is 17.5. The van der Waals surface area contributed by atoms with E-state index in [1.54, 1.807) is 0 Å². The number of rotatable bonds is 4. The van der Waals surface area contributed by atoms with Crippen molar-refractivity contribution in [3.8, 4) is 0 Å². The fourth-order valence-corrected chi connectivity index (χ4v) is 4.47. The average Bonchev–Trinajstić information content (AvgIpc) is 2.80. The molecule has 0 spiro atoms. The second kappa shape index (κ2) is 8.29. The highest BCUT2D eigenvalue weighted by molar-refractivity contribution is 6.09. The molecule has 1 saturated heterocycles. The van der Waals surface area contributed by atoms with Crippen LogP contribution in [0.2, 0.25) is 0 Å². The normalized spacial score (nSPS) is 15.8. The summed E-state index contributed by atoms with van der Waals surface area (Å²) in [4.78, 5) is 2.54. The number of nitrogens with zero attached hydrogens (tertiary/aromatic N) is 3. The van der Waals surface area contributed by atoms with Gasteiger partial charge < -0.3 is 0 Å². The van der Waals surface area contributed by atoms with Gasteiger partial charge in [-0.05, 0) is 34.0 Å². The SMILES string of the molecule is C/C(=N/N1CCN(Cc2cccc3ccccc23)CC1)c1cccc2ccccc12. The lowest BCUT2D eigenvalue weighted by atomic mass is 10.0. The molecule has 0 amide bonds. The standard InChI is InChI=1S/C27H27N3/c1-21(25-15-7-11-23-9-3-5-14-27(23)25)28-30-18-16-29(17-19-30)20-24-12-6-10-22-8-2-4-13-26(22)24/h2-15H,16-20H2,1H3/b28-21-. The third kappa shape index (κ3) is 3.81. The fraction of sp³-hybridized carbons (Fsp3) is 0.222. The van der Waals surface area contributed by atoms with Crippen LogP contribution in [0.25, 0.3) is 21.5 Å². The maximum absolute atomic E-state index is 4.97. The van der Waals surface area contributed by atoms with E-state index in [0.717, 1.165) is 38.4 Å². The van der Waals surface area contributed by atoms with Crippen LogP contribution in [0.4, 0.5) is 0 Å². The van der Waals surface area contributed by atoms with E-state index in [2.05, 4.69) is 102 Å². The first kappa shape index (κ1) is 18.8. The Morgan fingerprint density at radius 3 is 2.07 bits per heavy atom. The second-order valence-electron chi connectivity index (χ2n) is 8.08. The third-order valence-corrected chi connectivity index (χ3v) is 6.09. The first-order chi connectivity index (χ1) is 14.8. The van der Waals surface area contributed by atoms with Gasteiger partial charge in [0.1, 0.15) is 0 Å². The summed E-state index contributed by atoms with van der Waals surface area (Å²) in [7, 11) is 0. The molecule has 0 atom stereocenters. The fourth-order valence-electron chi connectivity index (χ4n) is 4.47. The molecule has 150 valence electrons. The van der Waals surface area contributed by atoms with Gasteiger partial charge in [-0.25, -0.2) is 0 Å². The first-order valence-corrected chi connectivity index (χ1v) is 10.8. The highest BCUT2D eigenvalue weighted by Crippen LogP contribution is 2.22. The van der Waals surface area contributed by atoms with E-state index in [9.17, 15) is 0 Å². The monoisotopic (exact) mass is 393 g/mol. The van der Waals surface area contributed by atoms with E-state index < -0.39 is 0 Å². The van der Waals surface area contributed by atoms with Gasteiger partial charge in [0, 0.05) is 38.3 Å². The van der Waals surface area contributed by atoms with E-state index >= 15 is 0 Å². The van der Waals surface area contributed by atoms with Gasteiger partial charge in [-0.15, -0.1) is 0 Å². The van der Waals surface area contributed by atoms with E-state index in [0.29, 0.717) is 0 Å². The van der Waals surface area contributed by atoms with Crippen molar-refractivity contribution in [3.63, 3.8) is 0 Å². The lowest BCUT2D eigenvalue weighted by Gasteiger charge is -2.33. The molecule has 1 aliphatic heterocycles. The van der Waals surface area contributed by atoms with E-state index in [1.807, 2.05) is 0 Å². The molecule has 4 aromatic rings. The van der Waals surface area contributed by atoms with Crippen molar-refractivity contribution in [3.05, 3.63) is 96.1 Å². The zero-order chi connectivity index (χ0) is 20.3. The van der Waals surface area contributed by atoms with Crippen LogP contribution in [0.15, 0.2) is 90.0 Å². The minimum atomic E-state index is 0.965. The second-order valence-corrected chi connectivity index (χ2v) is 8.08. The zero-order valence-electron chi connectivity index (χ0n) is 17.5. The van der Waals surface area contributed by atoms with E-state index in [1.165, 1.54) is 32.7 Å². The van der Waals surface area contributed by atoms with Crippen molar-refractivity contribution in [1.29, 1.82) is 0 Å². The summed E-state index contributed by atoms with van der Waals surface area (Å²) in [5, 5.41) is 12.4. The number of hydrazone groups is 1. The summed E-state index contributed by atoms with van der Waals surface area (Å²) in [6, 6.07) is 30.3. The number of benzene rings is 4. The van der Waals surface area contributed by atoms with Crippen molar-refractivity contribution in [1.82, 2.24) is 9.91 Å². The Balaban J connectivity index is 1.28. The van der Waals surface area contributed by atoms with Crippen LogP contribution < -0.4 is 0 Å². The molecule has 30 heavy (non-hydrogen) atoms. The summed E-state index contributed by atoms with van der Waals surface area (Å²) >= 11 is 0. The van der Waals surface area contributed by atoms with Gasteiger partial charge in [0.15, 0.2) is 0 Å². The van der Waals surface area contributed by atoms with Crippen molar-refractivity contribution >= 4 is 27.3 Å². The van der Waals surface area contributed by atoms with Crippen molar-refractivity contribution in [2.75, 3.05) is 26.2 Å². The van der Waals surface area contributed by atoms with Gasteiger partial charge in [-0.2, -0.15) is 5.10 Å². The summed E-state index contributed by atoms with van der Waals surface area (Å²) in [6.45, 7) is 7.14. The van der Waals surface area contributed by atoms with Crippen LogP contribution in [0.5, 0.6) is 0 Å². The molecule has 1 aliphatic rings. The maximum atomic E-state index is 4.97. The maximum Gasteiger partial charge on any atom is 0.0652 e.